The average molecular weight is 228 g/mol. The van der Waals surface area contributed by atoms with Crippen molar-refractivity contribution in [1.29, 1.82) is 0 Å². The number of anilines is 2. The molecule has 84 valence electrons. The first-order valence-corrected chi connectivity index (χ1v) is 6.36. The molecule has 1 rings (SSSR count). The molecule has 0 aliphatic rings. The van der Waals surface area contributed by atoms with E-state index in [2.05, 4.69) is 15.3 Å². The molecule has 0 spiro atoms. The molecule has 0 aliphatic heterocycles. The van der Waals surface area contributed by atoms with Crippen LogP contribution in [0.2, 0.25) is 0 Å². The number of nitrogens with two attached hydrogens (primary N) is 1. The Labute approximate surface area is 92.0 Å². The van der Waals surface area contributed by atoms with Crippen LogP contribution in [0.3, 0.4) is 0 Å². The number of hydrogen-bond acceptors (Lipinski definition) is 5. The van der Waals surface area contributed by atoms with Crippen molar-refractivity contribution in [1.82, 2.24) is 9.97 Å². The quantitative estimate of drug-likeness (QED) is 0.772. The third-order valence-electron chi connectivity index (χ3n) is 2.14. The second-order valence-corrected chi connectivity index (χ2v) is 5.12. The van der Waals surface area contributed by atoms with Crippen LogP contribution in [0.25, 0.3) is 0 Å². The maximum Gasteiger partial charge on any atom is 0.168 e. The van der Waals surface area contributed by atoms with E-state index in [4.69, 9.17) is 5.73 Å². The number of nitrogen functional groups attached to an aromatic ring is 1. The molecule has 0 amide bonds. The minimum atomic E-state index is -0.781. The van der Waals surface area contributed by atoms with Crippen molar-refractivity contribution in [3.63, 3.8) is 0 Å². The lowest BCUT2D eigenvalue weighted by Crippen LogP contribution is -2.16. The topological polar surface area (TPSA) is 80.9 Å². The molecule has 0 saturated carbocycles. The van der Waals surface area contributed by atoms with Crippen LogP contribution >= 0.6 is 0 Å². The van der Waals surface area contributed by atoms with Gasteiger partial charge >= 0.3 is 0 Å². The molecule has 1 aromatic rings. The zero-order valence-electron chi connectivity index (χ0n) is 8.93. The van der Waals surface area contributed by atoms with Crippen LogP contribution in [0.4, 0.5) is 11.6 Å². The number of aromatic nitrogens is 2. The molecule has 15 heavy (non-hydrogen) atoms. The zero-order valence-corrected chi connectivity index (χ0v) is 9.75. The van der Waals surface area contributed by atoms with Gasteiger partial charge in [0.15, 0.2) is 11.6 Å². The van der Waals surface area contributed by atoms with Crippen LogP contribution in [0, 0.1) is 0 Å². The molecule has 0 saturated heterocycles. The number of rotatable bonds is 5. The fraction of sp³-hybridized carbons (Fsp3) is 0.556. The lowest BCUT2D eigenvalue weighted by molar-refractivity contribution is 0.672. The van der Waals surface area contributed by atoms with Gasteiger partial charge in [-0.15, -0.1) is 0 Å². The molecule has 0 fully saturated rings. The normalized spacial score (nSPS) is 14.5. The van der Waals surface area contributed by atoms with Gasteiger partial charge in [-0.2, -0.15) is 0 Å². The van der Waals surface area contributed by atoms with Gasteiger partial charge in [-0.1, -0.05) is 6.92 Å². The Balaban J connectivity index is 2.38. The van der Waals surface area contributed by atoms with E-state index < -0.39 is 10.8 Å². The van der Waals surface area contributed by atoms with Crippen molar-refractivity contribution < 1.29 is 4.21 Å². The van der Waals surface area contributed by atoms with E-state index >= 15 is 0 Å². The minimum absolute atomic E-state index is 0.176. The molecule has 0 aromatic carbocycles. The van der Waals surface area contributed by atoms with E-state index in [1.807, 2.05) is 6.92 Å². The highest BCUT2D eigenvalue weighted by atomic mass is 32.2. The highest BCUT2D eigenvalue weighted by Crippen LogP contribution is 2.09. The van der Waals surface area contributed by atoms with Gasteiger partial charge in [-0.3, -0.25) is 4.21 Å². The second kappa shape index (κ2) is 5.65. The first kappa shape index (κ1) is 11.9. The Morgan fingerprint density at radius 2 is 2.20 bits per heavy atom. The Morgan fingerprint density at radius 1 is 1.53 bits per heavy atom. The van der Waals surface area contributed by atoms with Gasteiger partial charge in [0.05, 0.1) is 0 Å². The van der Waals surface area contributed by atoms with Crippen LogP contribution in [-0.2, 0) is 10.8 Å². The van der Waals surface area contributed by atoms with Crippen molar-refractivity contribution in [2.24, 2.45) is 0 Å². The molecular formula is C9H16N4OS. The summed E-state index contributed by atoms with van der Waals surface area (Å²) in [6, 6.07) is 0. The molecule has 2 unspecified atom stereocenters. The first-order valence-electron chi connectivity index (χ1n) is 4.74. The maximum atomic E-state index is 11.1. The highest BCUT2D eigenvalue weighted by molar-refractivity contribution is 7.84. The summed E-state index contributed by atoms with van der Waals surface area (Å²) < 4.78 is 11.1. The first-order chi connectivity index (χ1) is 7.11. The number of nitrogens with zero attached hydrogens (tertiary/aromatic N) is 2. The fourth-order valence-corrected chi connectivity index (χ4v) is 1.49. The van der Waals surface area contributed by atoms with E-state index in [-0.39, 0.29) is 5.25 Å². The SMILES string of the molecule is CC(CCNc1nccnc1N)S(C)=O. The van der Waals surface area contributed by atoms with Crippen LogP contribution in [0.5, 0.6) is 0 Å². The van der Waals surface area contributed by atoms with E-state index in [9.17, 15) is 4.21 Å². The van der Waals surface area contributed by atoms with Crippen molar-refractivity contribution in [2.45, 2.75) is 18.6 Å². The summed E-state index contributed by atoms with van der Waals surface area (Å²) in [5, 5.41) is 3.24. The molecule has 5 nitrogen and oxygen atoms in total. The molecule has 0 bridgehead atoms. The van der Waals surface area contributed by atoms with Crippen LogP contribution in [-0.4, -0.2) is 32.2 Å². The van der Waals surface area contributed by atoms with Gasteiger partial charge in [0.2, 0.25) is 0 Å². The zero-order chi connectivity index (χ0) is 11.3. The van der Waals surface area contributed by atoms with Gasteiger partial charge in [-0.25, -0.2) is 9.97 Å². The van der Waals surface area contributed by atoms with Gasteiger partial charge < -0.3 is 11.1 Å². The smallest absolute Gasteiger partial charge is 0.168 e. The van der Waals surface area contributed by atoms with Crippen molar-refractivity contribution in [2.75, 3.05) is 23.9 Å². The summed E-state index contributed by atoms with van der Waals surface area (Å²) in [4.78, 5) is 7.95. The van der Waals surface area contributed by atoms with Crippen molar-refractivity contribution >= 4 is 22.4 Å². The summed E-state index contributed by atoms with van der Waals surface area (Å²) in [7, 11) is -0.781. The van der Waals surface area contributed by atoms with E-state index in [1.165, 1.54) is 0 Å². The Kier molecular flexibility index (Phi) is 4.48. The summed E-state index contributed by atoms with van der Waals surface area (Å²) >= 11 is 0. The van der Waals surface area contributed by atoms with Gasteiger partial charge in [0, 0.05) is 41.2 Å². The van der Waals surface area contributed by atoms with Gasteiger partial charge in [0.25, 0.3) is 0 Å². The second-order valence-electron chi connectivity index (χ2n) is 3.31. The molecule has 2 atom stereocenters. The standard InChI is InChI=1S/C9H16N4OS/c1-7(15(2)14)3-4-12-9-8(10)11-5-6-13-9/h5-7H,3-4H2,1-2H3,(H2,10,11)(H,12,13). The van der Waals surface area contributed by atoms with Gasteiger partial charge in [0.1, 0.15) is 0 Å². The summed E-state index contributed by atoms with van der Waals surface area (Å²) in [5.74, 6) is 0.981. The minimum Gasteiger partial charge on any atom is -0.381 e. The molecule has 6 heteroatoms. The number of hydrogen-bond donors (Lipinski definition) is 2. The molecule has 3 N–H and O–H groups in total. The molecule has 1 aromatic heterocycles. The summed E-state index contributed by atoms with van der Waals surface area (Å²) in [6.07, 6.45) is 5.66. The van der Waals surface area contributed by atoms with E-state index in [0.29, 0.717) is 18.2 Å². The van der Waals surface area contributed by atoms with Crippen molar-refractivity contribution in [3.05, 3.63) is 12.4 Å². The third-order valence-corrected chi connectivity index (χ3v) is 3.51. The van der Waals surface area contributed by atoms with Crippen LogP contribution in [0.1, 0.15) is 13.3 Å². The Morgan fingerprint density at radius 3 is 2.80 bits per heavy atom. The molecule has 0 aliphatic carbocycles. The fourth-order valence-electron chi connectivity index (χ4n) is 1.04. The molecule has 1 heterocycles. The maximum absolute atomic E-state index is 11.1. The third kappa shape index (κ3) is 3.83. The summed E-state index contributed by atoms with van der Waals surface area (Å²) in [6.45, 7) is 2.65. The summed E-state index contributed by atoms with van der Waals surface area (Å²) in [5.41, 5.74) is 5.60. The predicted octanol–water partition coefficient (Wildman–Crippen LogP) is 0.628. The van der Waals surface area contributed by atoms with Gasteiger partial charge in [-0.05, 0) is 6.42 Å². The Bertz CT molecular complexity index is 345. The van der Waals surface area contributed by atoms with Crippen LogP contribution < -0.4 is 11.1 Å². The lowest BCUT2D eigenvalue weighted by atomic mass is 10.3. The van der Waals surface area contributed by atoms with Crippen molar-refractivity contribution in [3.8, 4) is 0 Å². The lowest BCUT2D eigenvalue weighted by Gasteiger charge is -2.10. The average Bonchev–Trinajstić information content (AvgIpc) is 2.20. The monoisotopic (exact) mass is 228 g/mol. The molecule has 0 radical (unpaired) electrons. The molecular weight excluding hydrogens is 212 g/mol. The highest BCUT2D eigenvalue weighted by Gasteiger charge is 2.06. The Hall–Kier alpha value is -1.17. The number of nitrogens with one attached hydrogen (secondary N) is 1. The van der Waals surface area contributed by atoms with E-state index in [1.54, 1.807) is 18.6 Å². The van der Waals surface area contributed by atoms with Crippen LogP contribution in [0.15, 0.2) is 12.4 Å². The van der Waals surface area contributed by atoms with E-state index in [0.717, 1.165) is 6.42 Å². The largest absolute Gasteiger partial charge is 0.381 e. The predicted molar refractivity (Wildman–Crippen MR) is 63.1 cm³/mol.